The van der Waals surface area contributed by atoms with Crippen LogP contribution in [-0.4, -0.2) is 74.5 Å². The van der Waals surface area contributed by atoms with Gasteiger partial charge in [0.2, 0.25) is 11.6 Å². The number of carboxylic acids is 1. The van der Waals surface area contributed by atoms with Crippen molar-refractivity contribution in [2.45, 2.75) is 89.3 Å². The maximum Gasteiger partial charge on any atom is 0.407 e. The molecule has 4 atom stereocenters. The van der Waals surface area contributed by atoms with Crippen LogP contribution in [0.3, 0.4) is 0 Å². The number of aliphatic carboxylic acids is 1. The summed E-state index contributed by atoms with van der Waals surface area (Å²) in [7, 11) is 0. The highest BCUT2D eigenvalue weighted by atomic mass is 32.2. The third kappa shape index (κ3) is 12.6. The van der Waals surface area contributed by atoms with Crippen LogP contribution in [0.2, 0.25) is 0 Å². The summed E-state index contributed by atoms with van der Waals surface area (Å²) in [4.78, 5) is 41.8. The number of aliphatic hydroxyl groups excluding tert-OH is 1. The van der Waals surface area contributed by atoms with Gasteiger partial charge in [-0.1, -0.05) is 149 Å². The minimum Gasteiger partial charge on any atom is -0.478 e. The van der Waals surface area contributed by atoms with Gasteiger partial charge in [0.1, 0.15) is 5.60 Å². The molecule has 2 unspecified atom stereocenters. The van der Waals surface area contributed by atoms with Crippen LogP contribution >= 0.6 is 23.7 Å². The predicted octanol–water partition coefficient (Wildman–Crippen LogP) is 9.15. The molecule has 4 rings (SSSR count). The molecule has 0 radical (unpaired) electrons. The molecule has 0 bridgehead atoms. The summed E-state index contributed by atoms with van der Waals surface area (Å²) < 4.78 is 6.35. The molecule has 0 aromatic heterocycles. The van der Waals surface area contributed by atoms with Crippen molar-refractivity contribution in [3.63, 3.8) is 0 Å². The maximum atomic E-state index is 14.6. The third-order valence-corrected chi connectivity index (χ3v) is 13.0. The molecule has 0 aliphatic heterocycles. The second-order valence-corrected chi connectivity index (χ2v) is 18.1. The number of rotatable bonds is 22. The summed E-state index contributed by atoms with van der Waals surface area (Å²) in [6.07, 6.45) is 1.20. The largest absolute Gasteiger partial charge is 0.478 e. The molecule has 0 aliphatic carbocycles. The smallest absolute Gasteiger partial charge is 0.407 e. The van der Waals surface area contributed by atoms with Crippen LogP contribution < -0.4 is 10.6 Å². The molecule has 312 valence electrons. The van der Waals surface area contributed by atoms with E-state index in [2.05, 4.69) is 60.9 Å². The fourth-order valence-electron chi connectivity index (χ4n) is 6.77. The van der Waals surface area contributed by atoms with Crippen LogP contribution in [0.25, 0.3) is 0 Å². The molecule has 0 aliphatic rings. The first kappa shape index (κ1) is 46.4. The van der Waals surface area contributed by atoms with E-state index in [9.17, 15) is 24.6 Å². The second kappa shape index (κ2) is 22.2. The highest BCUT2D eigenvalue weighted by Crippen LogP contribution is 2.48. The number of nitrogens with zero attached hydrogens (tertiary/aromatic N) is 1. The van der Waals surface area contributed by atoms with Crippen LogP contribution in [0.4, 0.5) is 4.79 Å². The van der Waals surface area contributed by atoms with Crippen LogP contribution in [0.5, 0.6) is 0 Å². The number of amides is 2. The Morgan fingerprint density at radius 3 is 1.74 bits per heavy atom. The quantitative estimate of drug-likeness (QED) is 0.0349. The molecular formula is C47H61N3O6S2. The number of hydrogen-bond acceptors (Lipinski definition) is 8. The molecule has 0 saturated carbocycles. The van der Waals surface area contributed by atoms with E-state index in [1.54, 1.807) is 32.5 Å². The molecule has 0 fully saturated rings. The number of carboxylic acid groups (broad SMARTS) is 1. The molecule has 0 saturated heterocycles. The Kier molecular flexibility index (Phi) is 17.7. The Morgan fingerprint density at radius 2 is 1.29 bits per heavy atom. The van der Waals surface area contributed by atoms with Gasteiger partial charge in [-0.15, -0.1) is 11.8 Å². The van der Waals surface area contributed by atoms with Gasteiger partial charge < -0.3 is 20.3 Å². The van der Waals surface area contributed by atoms with Crippen molar-refractivity contribution in [2.24, 2.45) is 11.8 Å². The van der Waals surface area contributed by atoms with Gasteiger partial charge in [0.15, 0.2) is 0 Å². The lowest BCUT2D eigenvalue weighted by Crippen LogP contribution is -2.66. The minimum atomic E-state index is -2.01. The number of carbonyl (C=O) groups is 3. The summed E-state index contributed by atoms with van der Waals surface area (Å²) in [5.41, 5.74) is 1.25. The lowest BCUT2D eigenvalue weighted by Gasteiger charge is -2.42. The number of carbonyl (C=O) groups excluding carboxylic acids is 2. The normalized spacial score (nSPS) is 14.4. The lowest BCUT2D eigenvalue weighted by molar-refractivity contribution is -0.158. The van der Waals surface area contributed by atoms with Crippen LogP contribution in [0, 0.1) is 11.8 Å². The van der Waals surface area contributed by atoms with E-state index in [4.69, 9.17) is 4.74 Å². The van der Waals surface area contributed by atoms with Gasteiger partial charge in [0.05, 0.1) is 10.8 Å². The van der Waals surface area contributed by atoms with E-state index < -0.39 is 46.6 Å². The summed E-state index contributed by atoms with van der Waals surface area (Å²) >= 11 is 2.80. The molecule has 58 heavy (non-hydrogen) atoms. The zero-order chi connectivity index (χ0) is 42.2. The zero-order valence-electron chi connectivity index (χ0n) is 34.7. The van der Waals surface area contributed by atoms with Crippen molar-refractivity contribution in [2.75, 3.05) is 24.7 Å². The zero-order valence-corrected chi connectivity index (χ0v) is 36.4. The summed E-state index contributed by atoms with van der Waals surface area (Å²) in [5.74, 6) is -1.04. The lowest BCUT2D eigenvalue weighted by atomic mass is 9.84. The maximum absolute atomic E-state index is 14.6. The van der Waals surface area contributed by atoms with Gasteiger partial charge >= 0.3 is 12.1 Å². The Morgan fingerprint density at radius 1 is 0.793 bits per heavy atom. The fraction of sp³-hybridized carbons (Fsp3) is 0.426. The van der Waals surface area contributed by atoms with E-state index in [0.717, 1.165) is 35.1 Å². The Hall–Kier alpha value is -4.29. The first-order chi connectivity index (χ1) is 27.8. The number of nitrogens with one attached hydrogen (secondary N) is 2. The van der Waals surface area contributed by atoms with Gasteiger partial charge in [-0.2, -0.15) is 0 Å². The molecule has 0 heterocycles. The van der Waals surface area contributed by atoms with Crippen LogP contribution in [-0.2, 0) is 25.5 Å². The number of aliphatic hydroxyl groups is 1. The van der Waals surface area contributed by atoms with E-state index >= 15 is 0 Å². The summed E-state index contributed by atoms with van der Waals surface area (Å²) in [5, 5.41) is 27.9. The van der Waals surface area contributed by atoms with Crippen molar-refractivity contribution in [3.8, 4) is 0 Å². The fourth-order valence-corrected chi connectivity index (χ4v) is 9.78. The molecule has 2 amide bonds. The molecule has 4 aromatic carbocycles. The topological polar surface area (TPSA) is 128 Å². The van der Waals surface area contributed by atoms with Crippen molar-refractivity contribution in [1.29, 1.82) is 0 Å². The van der Waals surface area contributed by atoms with Gasteiger partial charge in [0, 0.05) is 37.0 Å². The number of benzene rings is 4. The summed E-state index contributed by atoms with van der Waals surface area (Å²) in [6.45, 7) is 10.8. The van der Waals surface area contributed by atoms with E-state index in [1.165, 1.54) is 16.3 Å². The Balaban J connectivity index is 1.77. The van der Waals surface area contributed by atoms with E-state index in [0.29, 0.717) is 23.8 Å². The SMILES string of the molecule is CC[C@H](C)CCSN(C(=O)C(C)Cc1ccccc1)[C@](CCO)(NCC(CSC(c1ccccc1)(c1ccccc1)c1ccccc1)NC(=O)OC(C)(C)C)C(=O)O. The van der Waals surface area contributed by atoms with Crippen molar-refractivity contribution < 1.29 is 29.3 Å². The Bertz CT molecular complexity index is 1750. The van der Waals surface area contributed by atoms with Gasteiger partial charge in [-0.25, -0.2) is 9.59 Å². The predicted molar refractivity (Wildman–Crippen MR) is 238 cm³/mol. The highest BCUT2D eigenvalue weighted by Gasteiger charge is 2.48. The molecule has 11 heteroatoms. The number of ether oxygens (including phenoxy) is 1. The second-order valence-electron chi connectivity index (χ2n) is 15.8. The Labute approximate surface area is 353 Å². The molecule has 4 aromatic rings. The molecule has 4 N–H and O–H groups in total. The summed E-state index contributed by atoms with van der Waals surface area (Å²) in [6, 6.07) is 39.5. The number of alkyl carbamates (subject to hydrolysis) is 1. The van der Waals surface area contributed by atoms with Gasteiger partial charge in [0.25, 0.3) is 0 Å². The molecule has 9 nitrogen and oxygen atoms in total. The van der Waals surface area contributed by atoms with Crippen LogP contribution in [0.1, 0.15) is 83.1 Å². The van der Waals surface area contributed by atoms with Crippen molar-refractivity contribution in [3.05, 3.63) is 144 Å². The number of thioether (sulfide) groups is 1. The average molecular weight is 828 g/mol. The molecular weight excluding hydrogens is 767 g/mol. The standard InChI is InChI=1S/C47H61N3O6S2/c1-7-35(2)28-31-58-50(42(52)36(3)32-37-20-12-8-13-21-37)46(29-30-51,43(53)54)48-33-41(49-44(55)56-45(4,5)6)34-57-47(38-22-14-9-15-23-38,39-24-16-10-17-25-39)40-26-18-11-19-27-40/h8-27,35-36,41,48,51H,7,28-34H2,1-6H3,(H,49,55)(H,53,54)/t35-,36?,41?,46-/m0/s1. The monoisotopic (exact) mass is 827 g/mol. The van der Waals surface area contributed by atoms with Gasteiger partial charge in [-0.3, -0.25) is 14.4 Å². The highest BCUT2D eigenvalue weighted by molar-refractivity contribution is 8.00. The first-order valence-electron chi connectivity index (χ1n) is 20.2. The van der Waals surface area contributed by atoms with E-state index in [-0.39, 0.29) is 18.9 Å². The molecule has 0 spiro atoms. The van der Waals surface area contributed by atoms with E-state index in [1.807, 2.05) is 91.9 Å². The van der Waals surface area contributed by atoms with Gasteiger partial charge in [-0.05, 0) is 73.7 Å². The average Bonchev–Trinajstić information content (AvgIpc) is 3.21. The number of hydrogen-bond donors (Lipinski definition) is 4. The van der Waals surface area contributed by atoms with Crippen molar-refractivity contribution >= 4 is 41.7 Å². The third-order valence-electron chi connectivity index (χ3n) is 10.1. The minimum absolute atomic E-state index is 0.0598. The first-order valence-corrected chi connectivity index (χ1v) is 22.1. The van der Waals surface area contributed by atoms with Crippen LogP contribution in [0.15, 0.2) is 121 Å². The van der Waals surface area contributed by atoms with Crippen molar-refractivity contribution in [1.82, 2.24) is 14.9 Å².